The third kappa shape index (κ3) is 4.38. The summed E-state index contributed by atoms with van der Waals surface area (Å²) in [4.78, 5) is 17.8. The van der Waals surface area contributed by atoms with E-state index in [1.807, 2.05) is 53.9 Å². The van der Waals surface area contributed by atoms with Crippen LogP contribution in [0, 0.1) is 0 Å². The molecule has 23 heavy (non-hydrogen) atoms. The Morgan fingerprint density at radius 3 is 2.57 bits per heavy atom. The predicted molar refractivity (Wildman–Crippen MR) is 97.0 cm³/mol. The van der Waals surface area contributed by atoms with Gasteiger partial charge in [-0.05, 0) is 53.4 Å². The number of carbonyl (C=O) groups is 1. The van der Waals surface area contributed by atoms with Crippen molar-refractivity contribution in [1.29, 1.82) is 0 Å². The first-order chi connectivity index (χ1) is 11.2. The highest BCUT2D eigenvalue weighted by atomic mass is 35.5. The molecule has 0 amide bonds. The summed E-state index contributed by atoms with van der Waals surface area (Å²) in [6, 6.07) is 15.1. The minimum atomic E-state index is 0.0496. The molecule has 2 nitrogen and oxygen atoms in total. The average Bonchev–Trinajstić information content (AvgIpc) is 3.09. The summed E-state index contributed by atoms with van der Waals surface area (Å²) in [7, 11) is 0. The molecule has 0 atom stereocenters. The number of Topliss-reactive ketones (excluding diaryl/α,β-unsaturated/α-hetero) is 1. The first-order valence-electron chi connectivity index (χ1n) is 7.16. The third-order valence-electron chi connectivity index (χ3n) is 3.35. The Labute approximate surface area is 144 Å². The molecule has 3 aromatic rings. The van der Waals surface area contributed by atoms with E-state index in [1.54, 1.807) is 29.7 Å². The van der Waals surface area contributed by atoms with Crippen LogP contribution in [-0.2, 0) is 6.42 Å². The second-order valence-electron chi connectivity index (χ2n) is 5.05. The largest absolute Gasteiger partial charge is 0.294 e. The van der Waals surface area contributed by atoms with E-state index >= 15 is 0 Å². The fourth-order valence-electron chi connectivity index (χ4n) is 2.11. The quantitative estimate of drug-likeness (QED) is 0.583. The number of pyridine rings is 1. The number of benzene rings is 1. The maximum Gasteiger partial charge on any atom is 0.168 e. The minimum absolute atomic E-state index is 0.0496. The van der Waals surface area contributed by atoms with Crippen molar-refractivity contribution in [2.24, 2.45) is 0 Å². The Kier molecular flexibility index (Phi) is 5.01. The highest BCUT2D eigenvalue weighted by molar-refractivity contribution is 7.10. The summed E-state index contributed by atoms with van der Waals surface area (Å²) in [5.74, 6) is 0.0496. The van der Waals surface area contributed by atoms with Crippen molar-refractivity contribution >= 4 is 40.9 Å². The van der Waals surface area contributed by atoms with Gasteiger partial charge in [0.2, 0.25) is 0 Å². The van der Waals surface area contributed by atoms with Gasteiger partial charge >= 0.3 is 0 Å². The lowest BCUT2D eigenvalue weighted by Gasteiger charge is -2.02. The zero-order valence-electron chi connectivity index (χ0n) is 12.3. The average molecular weight is 340 g/mol. The number of nitrogens with zero attached hydrogens (tertiary/aromatic N) is 1. The molecule has 0 unspecified atom stereocenters. The summed E-state index contributed by atoms with van der Waals surface area (Å²) in [6.45, 7) is 0. The van der Waals surface area contributed by atoms with Crippen LogP contribution in [0.15, 0.2) is 60.1 Å². The molecule has 0 aliphatic rings. The molecule has 0 aliphatic heterocycles. The third-order valence-corrected chi connectivity index (χ3v) is 4.44. The Balaban J connectivity index is 1.66. The summed E-state index contributed by atoms with van der Waals surface area (Å²) in [5.41, 5.74) is 2.40. The van der Waals surface area contributed by atoms with Crippen LogP contribution in [0.25, 0.3) is 12.2 Å². The molecule has 0 spiro atoms. The van der Waals surface area contributed by atoms with E-state index in [4.69, 9.17) is 11.6 Å². The van der Waals surface area contributed by atoms with Crippen LogP contribution < -0.4 is 0 Å². The van der Waals surface area contributed by atoms with Gasteiger partial charge in [0, 0.05) is 28.1 Å². The number of rotatable bonds is 5. The molecule has 0 radical (unpaired) electrons. The van der Waals surface area contributed by atoms with Gasteiger partial charge in [0.1, 0.15) is 0 Å². The van der Waals surface area contributed by atoms with Gasteiger partial charge in [-0.1, -0.05) is 29.8 Å². The van der Waals surface area contributed by atoms with Gasteiger partial charge < -0.3 is 0 Å². The monoisotopic (exact) mass is 339 g/mol. The van der Waals surface area contributed by atoms with Crippen LogP contribution in [0.3, 0.4) is 0 Å². The molecule has 0 N–H and O–H groups in total. The van der Waals surface area contributed by atoms with Gasteiger partial charge in [-0.25, -0.2) is 0 Å². The molecule has 2 aromatic heterocycles. The summed E-state index contributed by atoms with van der Waals surface area (Å²) < 4.78 is 0. The molecule has 0 fully saturated rings. The van der Waals surface area contributed by atoms with Crippen LogP contribution in [0.4, 0.5) is 0 Å². The number of carbonyl (C=O) groups excluding carboxylic acids is 1. The van der Waals surface area contributed by atoms with E-state index in [9.17, 15) is 4.79 Å². The van der Waals surface area contributed by atoms with Crippen LogP contribution in [0.1, 0.15) is 26.5 Å². The first-order valence-corrected chi connectivity index (χ1v) is 8.42. The molecule has 0 aliphatic carbocycles. The Bertz CT molecular complexity index is 806. The molecule has 1 aromatic carbocycles. The van der Waals surface area contributed by atoms with Crippen LogP contribution in [-0.4, -0.2) is 10.8 Å². The smallest absolute Gasteiger partial charge is 0.168 e. The van der Waals surface area contributed by atoms with Crippen molar-refractivity contribution in [1.82, 2.24) is 4.98 Å². The maximum atomic E-state index is 12.3. The highest BCUT2D eigenvalue weighted by Gasteiger charge is 2.07. The summed E-state index contributed by atoms with van der Waals surface area (Å²) in [5, 5.41) is 2.70. The van der Waals surface area contributed by atoms with E-state index < -0.39 is 0 Å². The lowest BCUT2D eigenvalue weighted by atomic mass is 10.0. The summed E-state index contributed by atoms with van der Waals surface area (Å²) in [6.07, 6.45) is 5.94. The molecular formula is C19H14ClNOS. The predicted octanol–water partition coefficient (Wildman–Crippen LogP) is 5.39. The van der Waals surface area contributed by atoms with Crippen molar-refractivity contribution in [3.8, 4) is 0 Å². The van der Waals surface area contributed by atoms with Gasteiger partial charge in [-0.3, -0.25) is 9.78 Å². The Hall–Kier alpha value is -2.23. The van der Waals surface area contributed by atoms with Gasteiger partial charge in [0.25, 0.3) is 0 Å². The standard InChI is InChI=1S/C19H14ClNOS/c20-16-6-3-14(4-7-16)12-19(22)15-5-8-17(21-13-15)9-10-18-2-1-11-23-18/h1-11,13H,12H2/b10-9+. The van der Waals surface area contributed by atoms with E-state index in [2.05, 4.69) is 4.98 Å². The summed E-state index contributed by atoms with van der Waals surface area (Å²) >= 11 is 7.52. The van der Waals surface area contributed by atoms with Gasteiger partial charge in [-0.15, -0.1) is 11.3 Å². The number of ketones is 1. The van der Waals surface area contributed by atoms with E-state index in [0.29, 0.717) is 17.0 Å². The number of halogens is 1. The molecule has 0 saturated heterocycles. The number of hydrogen-bond acceptors (Lipinski definition) is 3. The first kappa shape index (κ1) is 15.7. The van der Waals surface area contributed by atoms with Gasteiger partial charge in [0.15, 0.2) is 5.78 Å². The molecule has 2 heterocycles. The van der Waals surface area contributed by atoms with Crippen molar-refractivity contribution in [3.05, 3.63) is 86.8 Å². The SMILES string of the molecule is O=C(Cc1ccc(Cl)cc1)c1ccc(/C=C/c2cccs2)nc1. The van der Waals surface area contributed by atoms with Gasteiger partial charge in [0.05, 0.1) is 5.69 Å². The number of thiophene rings is 1. The number of aromatic nitrogens is 1. The second-order valence-corrected chi connectivity index (χ2v) is 6.46. The van der Waals surface area contributed by atoms with Crippen LogP contribution in [0.5, 0.6) is 0 Å². The zero-order valence-corrected chi connectivity index (χ0v) is 13.8. The van der Waals surface area contributed by atoms with Crippen molar-refractivity contribution in [3.63, 3.8) is 0 Å². The molecule has 0 bridgehead atoms. The lowest BCUT2D eigenvalue weighted by molar-refractivity contribution is 0.0992. The van der Waals surface area contributed by atoms with Crippen LogP contribution >= 0.6 is 22.9 Å². The Morgan fingerprint density at radius 1 is 1.09 bits per heavy atom. The van der Waals surface area contributed by atoms with E-state index in [1.165, 1.54) is 4.88 Å². The topological polar surface area (TPSA) is 30.0 Å². The molecular weight excluding hydrogens is 326 g/mol. The molecule has 4 heteroatoms. The minimum Gasteiger partial charge on any atom is -0.294 e. The van der Waals surface area contributed by atoms with Crippen molar-refractivity contribution in [2.45, 2.75) is 6.42 Å². The maximum absolute atomic E-state index is 12.3. The highest BCUT2D eigenvalue weighted by Crippen LogP contribution is 2.14. The zero-order chi connectivity index (χ0) is 16.1. The van der Waals surface area contributed by atoms with Crippen molar-refractivity contribution < 1.29 is 4.79 Å². The lowest BCUT2D eigenvalue weighted by Crippen LogP contribution is -2.04. The van der Waals surface area contributed by atoms with Crippen molar-refractivity contribution in [2.75, 3.05) is 0 Å². The van der Waals surface area contributed by atoms with Gasteiger partial charge in [-0.2, -0.15) is 0 Å². The van der Waals surface area contributed by atoms with E-state index in [-0.39, 0.29) is 5.78 Å². The normalized spacial score (nSPS) is 11.0. The number of hydrogen-bond donors (Lipinski definition) is 0. The fraction of sp³-hybridized carbons (Fsp3) is 0.0526. The molecule has 114 valence electrons. The Morgan fingerprint density at radius 2 is 1.91 bits per heavy atom. The molecule has 3 rings (SSSR count). The molecule has 0 saturated carbocycles. The van der Waals surface area contributed by atoms with Crippen LogP contribution in [0.2, 0.25) is 5.02 Å². The van der Waals surface area contributed by atoms with E-state index in [0.717, 1.165) is 11.3 Å². The second kappa shape index (κ2) is 7.36. The fourth-order valence-corrected chi connectivity index (χ4v) is 2.86.